The lowest BCUT2D eigenvalue weighted by Crippen LogP contribution is -2.70. The molecule has 1 nitrogen and oxygen atoms in total. The summed E-state index contributed by atoms with van der Waals surface area (Å²) in [5.41, 5.74) is 19.4. The van der Waals surface area contributed by atoms with E-state index in [-0.39, 0.29) is 5.41 Å². The third-order valence-corrected chi connectivity index (χ3v) is 21.5. The van der Waals surface area contributed by atoms with Gasteiger partial charge in [0.15, 0.2) is 8.07 Å². The summed E-state index contributed by atoms with van der Waals surface area (Å²) in [5.74, 6) is 0. The number of fused-ring (bicyclic) bond motifs is 21. The van der Waals surface area contributed by atoms with Crippen molar-refractivity contribution in [2.24, 2.45) is 0 Å². The van der Waals surface area contributed by atoms with Crippen LogP contribution in [0, 0.1) is 13.8 Å². The Morgan fingerprint density at radius 2 is 0.937 bits per heavy atom. The highest BCUT2D eigenvalue weighted by molar-refractivity contribution is 7.26. The molecule has 0 bridgehead atoms. The first-order valence-corrected chi connectivity index (χ1v) is 25.2. The number of thiophene rings is 1. The zero-order chi connectivity index (χ0) is 42.0. The zero-order valence-corrected chi connectivity index (χ0v) is 37.6. The van der Waals surface area contributed by atoms with Gasteiger partial charge in [-0.2, -0.15) is 0 Å². The van der Waals surface area contributed by atoms with Gasteiger partial charge in [-0.05, 0) is 127 Å². The van der Waals surface area contributed by atoms with Crippen molar-refractivity contribution >= 4 is 77.4 Å². The van der Waals surface area contributed by atoms with E-state index in [1.807, 2.05) is 11.3 Å². The van der Waals surface area contributed by atoms with Gasteiger partial charge < -0.3 is 4.90 Å². The summed E-state index contributed by atoms with van der Waals surface area (Å²) in [6, 6.07) is 73.5. The number of para-hydroxylation sites is 1. The molecule has 4 aliphatic rings. The molecule has 4 heterocycles. The SMILES string of the molecule is Cc1ccc2c(c1)[Si]1(c3ccccc3-c3ccc(N4c5ccccc5C5(c6cc7c(cc64)sc4ccccc47)c4ccccc4C(C)(C)c4ccccc45)cc31)c1cc(C)ccc1-2. The lowest BCUT2D eigenvalue weighted by atomic mass is 9.53. The Balaban J connectivity index is 1.12. The predicted molar refractivity (Wildman–Crippen MR) is 269 cm³/mol. The van der Waals surface area contributed by atoms with Crippen molar-refractivity contribution in [3.63, 3.8) is 0 Å². The van der Waals surface area contributed by atoms with Crippen LogP contribution in [0.4, 0.5) is 17.1 Å². The molecule has 0 amide bonds. The van der Waals surface area contributed by atoms with Gasteiger partial charge in [0.1, 0.15) is 0 Å². The Morgan fingerprint density at radius 3 is 1.63 bits per heavy atom. The molecule has 3 heteroatoms. The van der Waals surface area contributed by atoms with E-state index >= 15 is 0 Å². The molecule has 3 aliphatic heterocycles. The van der Waals surface area contributed by atoms with Crippen molar-refractivity contribution < 1.29 is 0 Å². The molecule has 2 spiro atoms. The van der Waals surface area contributed by atoms with Crippen LogP contribution >= 0.6 is 11.3 Å². The van der Waals surface area contributed by atoms with Crippen molar-refractivity contribution in [3.8, 4) is 22.3 Å². The van der Waals surface area contributed by atoms with E-state index < -0.39 is 13.5 Å². The number of nitrogens with zero attached hydrogens (tertiary/aromatic N) is 1. The van der Waals surface area contributed by atoms with E-state index in [0.29, 0.717) is 0 Å². The van der Waals surface area contributed by atoms with E-state index in [1.54, 1.807) is 0 Å². The topological polar surface area (TPSA) is 3.24 Å². The molecule has 9 aromatic carbocycles. The molecule has 0 unspecified atom stereocenters. The monoisotopic (exact) mass is 837 g/mol. The second kappa shape index (κ2) is 12.2. The maximum Gasteiger partial charge on any atom is 0.182 e. The van der Waals surface area contributed by atoms with Crippen molar-refractivity contribution in [2.75, 3.05) is 4.90 Å². The molecule has 14 rings (SSSR count). The number of benzene rings is 9. The zero-order valence-electron chi connectivity index (χ0n) is 35.8. The molecule has 0 saturated carbocycles. The Bertz CT molecular complexity index is 3560. The number of anilines is 3. The molecule has 0 saturated heterocycles. The summed E-state index contributed by atoms with van der Waals surface area (Å²) in [6.45, 7) is 9.37. The van der Waals surface area contributed by atoms with Crippen LogP contribution in [0.1, 0.15) is 58.4 Å². The van der Waals surface area contributed by atoms with Gasteiger partial charge in [-0.15, -0.1) is 11.3 Å². The van der Waals surface area contributed by atoms with E-state index in [1.165, 1.54) is 125 Å². The number of hydrogen-bond acceptors (Lipinski definition) is 2. The van der Waals surface area contributed by atoms with Crippen molar-refractivity contribution in [1.82, 2.24) is 0 Å². The minimum Gasteiger partial charge on any atom is -0.310 e. The highest BCUT2D eigenvalue weighted by Crippen LogP contribution is 2.63. The second-order valence-corrected chi connectivity index (χ2v) is 23.6. The van der Waals surface area contributed by atoms with Crippen LogP contribution in [0.5, 0.6) is 0 Å². The van der Waals surface area contributed by atoms with E-state index in [9.17, 15) is 0 Å². The lowest BCUT2D eigenvalue weighted by molar-refractivity contribution is 0.557. The molecule has 1 aromatic heterocycles. The highest BCUT2D eigenvalue weighted by atomic mass is 32.1. The van der Waals surface area contributed by atoms with Gasteiger partial charge in [-0.1, -0.05) is 177 Å². The summed E-state index contributed by atoms with van der Waals surface area (Å²) < 4.78 is 2.64. The average molecular weight is 838 g/mol. The first kappa shape index (κ1) is 35.8. The number of rotatable bonds is 1. The van der Waals surface area contributed by atoms with Crippen molar-refractivity contribution in [1.29, 1.82) is 0 Å². The molecule has 10 aromatic rings. The summed E-state index contributed by atoms with van der Waals surface area (Å²) in [7, 11) is -2.73. The molecule has 0 N–H and O–H groups in total. The first-order chi connectivity index (χ1) is 30.8. The minimum atomic E-state index is -2.73. The summed E-state index contributed by atoms with van der Waals surface area (Å²) >= 11 is 1.91. The predicted octanol–water partition coefficient (Wildman–Crippen LogP) is 12.8. The molecule has 0 atom stereocenters. The molecular formula is C60H43NSSi. The third kappa shape index (κ3) is 4.28. The minimum absolute atomic E-state index is 0.178. The van der Waals surface area contributed by atoms with Crippen molar-refractivity contribution in [2.45, 2.75) is 38.5 Å². The van der Waals surface area contributed by atoms with Crippen LogP contribution in [-0.4, -0.2) is 8.07 Å². The lowest BCUT2D eigenvalue weighted by Gasteiger charge is -2.52. The Labute approximate surface area is 373 Å². The normalized spacial score (nSPS) is 16.0. The summed E-state index contributed by atoms with van der Waals surface area (Å²) in [4.78, 5) is 2.64. The Kier molecular flexibility index (Phi) is 6.94. The van der Waals surface area contributed by atoms with Crippen LogP contribution in [0.15, 0.2) is 188 Å². The molecule has 0 radical (unpaired) electrons. The molecule has 63 heavy (non-hydrogen) atoms. The summed E-state index contributed by atoms with van der Waals surface area (Å²) in [5, 5.41) is 8.70. The van der Waals surface area contributed by atoms with Gasteiger partial charge in [0.2, 0.25) is 0 Å². The van der Waals surface area contributed by atoms with Gasteiger partial charge in [0.05, 0.1) is 16.8 Å². The van der Waals surface area contributed by atoms with Gasteiger partial charge in [0.25, 0.3) is 0 Å². The van der Waals surface area contributed by atoms with Gasteiger partial charge in [0, 0.05) is 31.3 Å². The molecular weight excluding hydrogens is 795 g/mol. The molecule has 1 aliphatic carbocycles. The summed E-state index contributed by atoms with van der Waals surface area (Å²) in [6.07, 6.45) is 0. The fraction of sp³-hybridized carbons (Fsp3) is 0.100. The quantitative estimate of drug-likeness (QED) is 0.149. The van der Waals surface area contributed by atoms with Crippen LogP contribution < -0.4 is 25.6 Å². The molecule has 0 fully saturated rings. The smallest absolute Gasteiger partial charge is 0.182 e. The van der Waals surface area contributed by atoms with Gasteiger partial charge >= 0.3 is 0 Å². The first-order valence-electron chi connectivity index (χ1n) is 22.3. The maximum atomic E-state index is 2.64. The van der Waals surface area contributed by atoms with E-state index in [0.717, 1.165) is 0 Å². The maximum absolute atomic E-state index is 2.73. The highest BCUT2D eigenvalue weighted by Gasteiger charge is 2.56. The van der Waals surface area contributed by atoms with E-state index in [2.05, 4.69) is 221 Å². The van der Waals surface area contributed by atoms with Crippen molar-refractivity contribution in [3.05, 3.63) is 233 Å². The number of hydrogen-bond donors (Lipinski definition) is 0. The average Bonchev–Trinajstić information content (AvgIpc) is 3.92. The van der Waals surface area contributed by atoms with E-state index in [4.69, 9.17) is 0 Å². The fourth-order valence-corrected chi connectivity index (χ4v) is 19.9. The third-order valence-electron chi connectivity index (χ3n) is 15.4. The Morgan fingerprint density at radius 1 is 0.397 bits per heavy atom. The largest absolute Gasteiger partial charge is 0.310 e. The van der Waals surface area contributed by atoms with Crippen LogP contribution in [0.25, 0.3) is 42.4 Å². The van der Waals surface area contributed by atoms with Gasteiger partial charge in [-0.3, -0.25) is 0 Å². The fourth-order valence-electron chi connectivity index (χ4n) is 12.9. The second-order valence-electron chi connectivity index (χ2n) is 18.9. The Hall–Kier alpha value is -6.78. The van der Waals surface area contributed by atoms with Crippen LogP contribution in [-0.2, 0) is 10.8 Å². The van der Waals surface area contributed by atoms with Crippen LogP contribution in [0.3, 0.4) is 0 Å². The standard InChI is InChI=1S/C60H43NSSi/c1-36-25-28-41-42-29-26-37(2)32-57(42)63(56(41)31-36)55-24-14-6-16-40(55)43-30-27-38(33-58(43)63)61-51-22-12-11-21-49(51)60(50-34-44-39-15-5-13-23-53(39)62-54(44)35-52(50)61)47-19-9-7-17-45(47)59(3,4)46-18-8-10-20-48(46)60/h5-35H,1-4H3. The molecule has 298 valence electrons. The van der Waals surface area contributed by atoms with Gasteiger partial charge in [-0.25, -0.2) is 0 Å². The number of aryl methyl sites for hydroxylation is 2. The van der Waals surface area contributed by atoms with Crippen LogP contribution in [0.2, 0.25) is 0 Å².